The van der Waals surface area contributed by atoms with Crippen molar-refractivity contribution in [2.45, 2.75) is 39.5 Å². The summed E-state index contributed by atoms with van der Waals surface area (Å²) in [7, 11) is 0. The fraction of sp³-hybridized carbons (Fsp3) is 0.400. The van der Waals surface area contributed by atoms with Crippen molar-refractivity contribution in [3.8, 4) is 0 Å². The van der Waals surface area contributed by atoms with Crippen LogP contribution in [0.1, 0.15) is 50.7 Å². The van der Waals surface area contributed by atoms with Gasteiger partial charge in [0.25, 0.3) is 0 Å². The normalized spacial score (nSPS) is 11.9. The van der Waals surface area contributed by atoms with Crippen molar-refractivity contribution in [3.63, 3.8) is 0 Å². The minimum absolute atomic E-state index is 0.578. The lowest BCUT2D eigenvalue weighted by Crippen LogP contribution is -1.86. The van der Waals surface area contributed by atoms with Gasteiger partial charge in [0, 0.05) is 6.42 Å². The summed E-state index contributed by atoms with van der Waals surface area (Å²) in [6.07, 6.45) is 4.59. The van der Waals surface area contributed by atoms with Crippen molar-refractivity contribution in [2.24, 2.45) is 0 Å². The van der Waals surface area contributed by atoms with Gasteiger partial charge >= 0.3 is 0 Å². The topological polar surface area (TPSA) is 17.1 Å². The van der Waals surface area contributed by atoms with Gasteiger partial charge in [-0.3, -0.25) is 0 Å². The first-order chi connectivity index (χ1) is 7.63. The molecule has 0 aliphatic carbocycles. The molecule has 0 spiro atoms. The highest BCUT2D eigenvalue weighted by molar-refractivity contribution is 5.55. The average Bonchev–Trinajstić information content (AvgIpc) is 2.27. The maximum atomic E-state index is 10.3. The maximum Gasteiger partial charge on any atom is 0.120 e. The predicted octanol–water partition coefficient (Wildman–Crippen LogP) is 4.19. The summed E-state index contributed by atoms with van der Waals surface area (Å²) in [4.78, 5) is 10.3. The first-order valence-electron chi connectivity index (χ1n) is 5.84. The molecule has 0 heterocycles. The Morgan fingerprint density at radius 3 is 2.38 bits per heavy atom. The van der Waals surface area contributed by atoms with E-state index < -0.39 is 0 Å². The molecule has 0 radical (unpaired) electrons. The standard InChI is InChI=1S/C15H20O/c1-12(2)15-8-6-14(7-9-15)11-13(3)5-4-10-16/h6-12H,4-5H2,1-3H3/b13-11-. The van der Waals surface area contributed by atoms with Crippen molar-refractivity contribution in [1.82, 2.24) is 0 Å². The van der Waals surface area contributed by atoms with Crippen LogP contribution < -0.4 is 0 Å². The van der Waals surface area contributed by atoms with E-state index in [4.69, 9.17) is 0 Å². The second-order valence-electron chi connectivity index (χ2n) is 4.52. The summed E-state index contributed by atoms with van der Waals surface area (Å²) >= 11 is 0. The molecule has 0 unspecified atom stereocenters. The quantitative estimate of drug-likeness (QED) is 0.674. The average molecular weight is 216 g/mol. The number of allylic oxidation sites excluding steroid dienone is 1. The Labute approximate surface area is 98.2 Å². The highest BCUT2D eigenvalue weighted by atomic mass is 16.1. The molecule has 1 rings (SSSR count). The Morgan fingerprint density at radius 1 is 1.25 bits per heavy atom. The van der Waals surface area contributed by atoms with E-state index in [1.54, 1.807) is 0 Å². The second-order valence-corrected chi connectivity index (χ2v) is 4.52. The molecule has 16 heavy (non-hydrogen) atoms. The summed E-state index contributed by atoms with van der Waals surface area (Å²) in [5.74, 6) is 0.578. The second kappa shape index (κ2) is 6.26. The van der Waals surface area contributed by atoms with Gasteiger partial charge in [-0.25, -0.2) is 0 Å². The van der Waals surface area contributed by atoms with Crippen LogP contribution in [0.25, 0.3) is 6.08 Å². The van der Waals surface area contributed by atoms with E-state index >= 15 is 0 Å². The van der Waals surface area contributed by atoms with Gasteiger partial charge in [0.05, 0.1) is 0 Å². The summed E-state index contributed by atoms with van der Waals surface area (Å²) in [5, 5.41) is 0. The van der Waals surface area contributed by atoms with Crippen LogP contribution >= 0.6 is 0 Å². The molecular formula is C15H20O. The number of rotatable bonds is 5. The van der Waals surface area contributed by atoms with Crippen LogP contribution in [0.5, 0.6) is 0 Å². The molecule has 1 aromatic rings. The van der Waals surface area contributed by atoms with Gasteiger partial charge < -0.3 is 4.79 Å². The zero-order valence-electron chi connectivity index (χ0n) is 10.4. The van der Waals surface area contributed by atoms with Gasteiger partial charge in [0.2, 0.25) is 0 Å². The van der Waals surface area contributed by atoms with E-state index in [-0.39, 0.29) is 0 Å². The Bertz CT molecular complexity index is 358. The van der Waals surface area contributed by atoms with Gasteiger partial charge in [0.15, 0.2) is 0 Å². The van der Waals surface area contributed by atoms with Crippen molar-refractivity contribution < 1.29 is 4.79 Å². The fourth-order valence-corrected chi connectivity index (χ4v) is 1.62. The largest absolute Gasteiger partial charge is 0.303 e. The Morgan fingerprint density at radius 2 is 1.88 bits per heavy atom. The Kier molecular flexibility index (Phi) is 4.97. The van der Waals surface area contributed by atoms with E-state index in [0.717, 1.165) is 12.7 Å². The third-order valence-electron chi connectivity index (χ3n) is 2.67. The van der Waals surface area contributed by atoms with Crippen LogP contribution in [0.15, 0.2) is 29.8 Å². The van der Waals surface area contributed by atoms with E-state index in [0.29, 0.717) is 12.3 Å². The number of carbonyl (C=O) groups is 1. The highest BCUT2D eigenvalue weighted by Gasteiger charge is 1.97. The predicted molar refractivity (Wildman–Crippen MR) is 69.5 cm³/mol. The van der Waals surface area contributed by atoms with Gasteiger partial charge in [-0.2, -0.15) is 0 Å². The Hall–Kier alpha value is -1.37. The SMILES string of the molecule is C/C(=C/c1ccc(C(C)C)cc1)CCC=O. The van der Waals surface area contributed by atoms with Crippen molar-refractivity contribution in [3.05, 3.63) is 41.0 Å². The van der Waals surface area contributed by atoms with Crippen LogP contribution in [-0.2, 0) is 4.79 Å². The molecule has 0 fully saturated rings. The molecule has 1 heteroatoms. The first-order valence-corrected chi connectivity index (χ1v) is 5.84. The molecule has 0 aliphatic rings. The third-order valence-corrected chi connectivity index (χ3v) is 2.67. The molecule has 0 aliphatic heterocycles. The molecule has 0 N–H and O–H groups in total. The van der Waals surface area contributed by atoms with Gasteiger partial charge in [-0.05, 0) is 30.4 Å². The molecule has 0 bridgehead atoms. The van der Waals surface area contributed by atoms with Crippen molar-refractivity contribution >= 4 is 12.4 Å². The number of hydrogen-bond acceptors (Lipinski definition) is 1. The first kappa shape index (κ1) is 12.7. The summed E-state index contributed by atoms with van der Waals surface area (Å²) in [6.45, 7) is 6.46. The van der Waals surface area contributed by atoms with Crippen molar-refractivity contribution in [2.75, 3.05) is 0 Å². The van der Waals surface area contributed by atoms with Gasteiger partial charge in [0.1, 0.15) is 6.29 Å². The van der Waals surface area contributed by atoms with Crippen LogP contribution in [0.2, 0.25) is 0 Å². The summed E-state index contributed by atoms with van der Waals surface area (Å²) in [6, 6.07) is 8.62. The smallest absolute Gasteiger partial charge is 0.120 e. The number of aldehydes is 1. The van der Waals surface area contributed by atoms with Gasteiger partial charge in [-0.15, -0.1) is 0 Å². The van der Waals surface area contributed by atoms with Crippen LogP contribution in [0.4, 0.5) is 0 Å². The zero-order chi connectivity index (χ0) is 12.0. The van der Waals surface area contributed by atoms with E-state index in [1.807, 2.05) is 0 Å². The molecule has 1 nitrogen and oxygen atoms in total. The lowest BCUT2D eigenvalue weighted by atomic mass is 10.0. The number of benzene rings is 1. The molecule has 86 valence electrons. The molecule has 1 aromatic carbocycles. The minimum Gasteiger partial charge on any atom is -0.303 e. The molecule has 0 aromatic heterocycles. The van der Waals surface area contributed by atoms with Crippen LogP contribution in [0, 0.1) is 0 Å². The molecule has 0 amide bonds. The molecule has 0 saturated carbocycles. The van der Waals surface area contributed by atoms with E-state index in [9.17, 15) is 4.79 Å². The minimum atomic E-state index is 0.578. The van der Waals surface area contributed by atoms with E-state index in [2.05, 4.69) is 51.1 Å². The lowest BCUT2D eigenvalue weighted by molar-refractivity contribution is -0.107. The Balaban J connectivity index is 2.70. The van der Waals surface area contributed by atoms with Crippen LogP contribution in [0.3, 0.4) is 0 Å². The number of hydrogen-bond donors (Lipinski definition) is 0. The third kappa shape index (κ3) is 4.01. The fourth-order valence-electron chi connectivity index (χ4n) is 1.62. The van der Waals surface area contributed by atoms with Crippen LogP contribution in [-0.4, -0.2) is 6.29 Å². The summed E-state index contributed by atoms with van der Waals surface area (Å²) in [5.41, 5.74) is 3.83. The van der Waals surface area contributed by atoms with Gasteiger partial charge in [-0.1, -0.05) is 49.8 Å². The molecule has 0 atom stereocenters. The van der Waals surface area contributed by atoms with Crippen molar-refractivity contribution in [1.29, 1.82) is 0 Å². The molecular weight excluding hydrogens is 196 g/mol. The monoisotopic (exact) mass is 216 g/mol. The maximum absolute atomic E-state index is 10.3. The highest BCUT2D eigenvalue weighted by Crippen LogP contribution is 2.17. The van der Waals surface area contributed by atoms with E-state index in [1.165, 1.54) is 16.7 Å². The lowest BCUT2D eigenvalue weighted by Gasteiger charge is -2.05. The summed E-state index contributed by atoms with van der Waals surface area (Å²) < 4.78 is 0. The zero-order valence-corrected chi connectivity index (χ0v) is 10.4. The molecule has 0 saturated heterocycles. The number of carbonyl (C=O) groups excluding carboxylic acids is 1.